The van der Waals surface area contributed by atoms with Crippen LogP contribution in [0, 0.1) is 0 Å². The summed E-state index contributed by atoms with van der Waals surface area (Å²) in [5.41, 5.74) is 5.05. The largest absolute Gasteiger partial charge is 0.463 e. The van der Waals surface area contributed by atoms with E-state index in [1.54, 1.807) is 0 Å². The Kier molecular flexibility index (Phi) is 9.12. The zero-order valence-electron chi connectivity index (χ0n) is 18.8. The van der Waals surface area contributed by atoms with Crippen LogP contribution in [0.2, 0.25) is 0 Å². The summed E-state index contributed by atoms with van der Waals surface area (Å²) in [5.74, 6) is -3.56. The Morgan fingerprint density at radius 1 is 0.912 bits per heavy atom. The molecule has 0 radical (unpaired) electrons. The van der Waals surface area contributed by atoms with Gasteiger partial charge in [0.25, 0.3) is 6.43 Å². The molecule has 1 aliphatic heterocycles. The summed E-state index contributed by atoms with van der Waals surface area (Å²) in [6, 6.07) is 3.45. The molecule has 2 rings (SSSR count). The fourth-order valence-electron chi connectivity index (χ4n) is 3.25. The van der Waals surface area contributed by atoms with E-state index >= 15 is 0 Å². The van der Waals surface area contributed by atoms with Crippen LogP contribution in [-0.4, -0.2) is 61.2 Å². The highest BCUT2D eigenvalue weighted by atomic mass is 19.3. The maximum Gasteiger partial charge on any atom is 0.303 e. The molecule has 1 aliphatic rings. The number of hydrogen-bond donors (Lipinski definition) is 1. The lowest BCUT2D eigenvalue weighted by Gasteiger charge is -2.44. The second-order valence-corrected chi connectivity index (χ2v) is 7.28. The van der Waals surface area contributed by atoms with E-state index in [0.29, 0.717) is 0 Å². The normalized spacial score (nSPS) is 24.1. The van der Waals surface area contributed by atoms with Crippen molar-refractivity contribution in [1.29, 1.82) is 0 Å². The summed E-state index contributed by atoms with van der Waals surface area (Å²) in [6.07, 6.45) is -10.3. The van der Waals surface area contributed by atoms with Crippen molar-refractivity contribution in [3.8, 4) is 5.75 Å². The van der Waals surface area contributed by atoms with Gasteiger partial charge in [0.05, 0.1) is 5.56 Å². The monoisotopic (exact) mass is 489 g/mol. The second-order valence-electron chi connectivity index (χ2n) is 7.28. The highest BCUT2D eigenvalue weighted by molar-refractivity contribution is 5.68. The SMILES string of the molecule is CC(=O)OCC1O[C@@H](Oc2ccc(N)cc2C(F)F)[C@@H](OC(C)=O)C(OC(C)=O)[C@H]1OC(C)=O. The number of benzene rings is 1. The van der Waals surface area contributed by atoms with Crippen LogP contribution in [-0.2, 0) is 42.9 Å². The molecule has 5 atom stereocenters. The summed E-state index contributed by atoms with van der Waals surface area (Å²) in [7, 11) is 0. The lowest BCUT2D eigenvalue weighted by atomic mass is 9.98. The van der Waals surface area contributed by atoms with Gasteiger partial charge in [0.2, 0.25) is 12.4 Å². The molecule has 34 heavy (non-hydrogen) atoms. The lowest BCUT2D eigenvalue weighted by molar-refractivity contribution is -0.288. The van der Waals surface area contributed by atoms with E-state index in [4.69, 9.17) is 34.2 Å². The quantitative estimate of drug-likeness (QED) is 0.323. The van der Waals surface area contributed by atoms with E-state index in [1.807, 2.05) is 0 Å². The van der Waals surface area contributed by atoms with Crippen LogP contribution in [0.25, 0.3) is 0 Å². The molecule has 0 bridgehead atoms. The topological polar surface area (TPSA) is 150 Å². The van der Waals surface area contributed by atoms with Gasteiger partial charge in [-0.2, -0.15) is 0 Å². The molecule has 13 heteroatoms. The number of anilines is 1. The van der Waals surface area contributed by atoms with E-state index in [-0.39, 0.29) is 11.4 Å². The van der Waals surface area contributed by atoms with Crippen molar-refractivity contribution in [2.24, 2.45) is 0 Å². The first-order valence-electron chi connectivity index (χ1n) is 10.0. The molecule has 1 saturated heterocycles. The van der Waals surface area contributed by atoms with Crippen molar-refractivity contribution in [3.63, 3.8) is 0 Å². The molecule has 0 amide bonds. The van der Waals surface area contributed by atoms with E-state index < -0.39 is 73.2 Å². The van der Waals surface area contributed by atoms with Crippen molar-refractivity contribution in [3.05, 3.63) is 23.8 Å². The molecule has 2 N–H and O–H groups in total. The zero-order chi connectivity index (χ0) is 25.6. The second kappa shape index (κ2) is 11.6. The predicted molar refractivity (Wildman–Crippen MR) is 108 cm³/mol. The number of nitrogens with two attached hydrogens (primary N) is 1. The zero-order valence-corrected chi connectivity index (χ0v) is 18.8. The molecule has 11 nitrogen and oxygen atoms in total. The molecule has 188 valence electrons. The van der Waals surface area contributed by atoms with Gasteiger partial charge in [-0.3, -0.25) is 19.2 Å². The predicted octanol–water partition coefficient (Wildman–Crippen LogP) is 1.67. The van der Waals surface area contributed by atoms with Gasteiger partial charge < -0.3 is 34.2 Å². The molecular formula is C21H25F2NO10. The molecule has 1 fully saturated rings. The molecule has 0 aliphatic carbocycles. The summed E-state index contributed by atoms with van der Waals surface area (Å²) in [6.45, 7) is 3.80. The third kappa shape index (κ3) is 7.27. The van der Waals surface area contributed by atoms with Gasteiger partial charge in [0.1, 0.15) is 18.5 Å². The summed E-state index contributed by atoms with van der Waals surface area (Å²) in [4.78, 5) is 46.7. The Hall–Kier alpha value is -3.48. The molecule has 2 unspecified atom stereocenters. The smallest absolute Gasteiger partial charge is 0.303 e. The summed E-state index contributed by atoms with van der Waals surface area (Å²) in [5, 5.41) is 0. The number of halogens is 2. The van der Waals surface area contributed by atoms with Gasteiger partial charge in [-0.15, -0.1) is 0 Å². The van der Waals surface area contributed by atoms with Crippen LogP contribution in [0.15, 0.2) is 18.2 Å². The van der Waals surface area contributed by atoms with Crippen molar-refractivity contribution in [1.82, 2.24) is 0 Å². The van der Waals surface area contributed by atoms with E-state index in [1.165, 1.54) is 6.07 Å². The Morgan fingerprint density at radius 2 is 1.47 bits per heavy atom. The lowest BCUT2D eigenvalue weighted by Crippen LogP contribution is -2.63. The van der Waals surface area contributed by atoms with Crippen LogP contribution in [0.3, 0.4) is 0 Å². The van der Waals surface area contributed by atoms with Crippen LogP contribution in [0.1, 0.15) is 39.7 Å². The van der Waals surface area contributed by atoms with Gasteiger partial charge >= 0.3 is 23.9 Å². The Labute approximate surface area is 193 Å². The minimum Gasteiger partial charge on any atom is -0.463 e. The van der Waals surface area contributed by atoms with Gasteiger partial charge in [-0.25, -0.2) is 8.78 Å². The van der Waals surface area contributed by atoms with Crippen molar-refractivity contribution in [2.75, 3.05) is 12.3 Å². The van der Waals surface area contributed by atoms with Gasteiger partial charge in [-0.05, 0) is 18.2 Å². The minimum atomic E-state index is -2.98. The van der Waals surface area contributed by atoms with Crippen molar-refractivity contribution < 1.29 is 56.4 Å². The standard InChI is InChI=1S/C21H25F2NO10/c1-9(25)29-8-16-17(30-10(2)26)18(31-11(3)27)19(32-12(4)28)21(34-16)33-15-6-5-13(24)7-14(15)20(22)23/h5-7,16-21H,8,24H2,1-4H3/t16?,17-,18?,19-,21+/m0/s1. The Balaban J connectivity index is 2.53. The molecule has 0 spiro atoms. The van der Waals surface area contributed by atoms with Crippen molar-refractivity contribution in [2.45, 2.75) is 64.8 Å². The number of carbonyl (C=O) groups excluding carboxylic acids is 4. The van der Waals surface area contributed by atoms with Crippen LogP contribution in [0.5, 0.6) is 5.75 Å². The molecule has 1 aromatic carbocycles. The summed E-state index contributed by atoms with van der Waals surface area (Å²) >= 11 is 0. The van der Waals surface area contributed by atoms with Gasteiger partial charge in [-0.1, -0.05) is 0 Å². The number of nitrogen functional groups attached to an aromatic ring is 1. The molecular weight excluding hydrogens is 464 g/mol. The molecule has 1 aromatic rings. The number of hydrogen-bond acceptors (Lipinski definition) is 11. The average molecular weight is 489 g/mol. The van der Waals surface area contributed by atoms with Gasteiger partial charge in [0.15, 0.2) is 12.2 Å². The number of carbonyl (C=O) groups is 4. The first-order chi connectivity index (χ1) is 15.9. The fraction of sp³-hybridized carbons (Fsp3) is 0.524. The molecule has 0 aromatic heterocycles. The highest BCUT2D eigenvalue weighted by Gasteiger charge is 2.53. The Morgan fingerprint density at radius 3 is 2.00 bits per heavy atom. The van der Waals surface area contributed by atoms with Crippen molar-refractivity contribution >= 4 is 29.6 Å². The van der Waals surface area contributed by atoms with Gasteiger partial charge in [0, 0.05) is 33.4 Å². The van der Waals surface area contributed by atoms with Crippen LogP contribution < -0.4 is 10.5 Å². The average Bonchev–Trinajstić information content (AvgIpc) is 2.71. The Bertz CT molecular complexity index is 925. The number of ether oxygens (including phenoxy) is 6. The number of alkyl halides is 2. The third-order valence-electron chi connectivity index (χ3n) is 4.46. The van der Waals surface area contributed by atoms with E-state index in [2.05, 4.69) is 0 Å². The van der Waals surface area contributed by atoms with Crippen LogP contribution in [0.4, 0.5) is 14.5 Å². The fourth-order valence-corrected chi connectivity index (χ4v) is 3.25. The molecule has 0 saturated carbocycles. The number of esters is 4. The minimum absolute atomic E-state index is 0.0456. The first-order valence-corrected chi connectivity index (χ1v) is 10.0. The maximum absolute atomic E-state index is 13.6. The summed E-state index contributed by atoms with van der Waals surface area (Å²) < 4.78 is 59.1. The third-order valence-corrected chi connectivity index (χ3v) is 4.46. The molecule has 1 heterocycles. The van der Waals surface area contributed by atoms with E-state index in [0.717, 1.165) is 39.8 Å². The van der Waals surface area contributed by atoms with E-state index in [9.17, 15) is 28.0 Å². The maximum atomic E-state index is 13.6. The van der Waals surface area contributed by atoms with Crippen LogP contribution >= 0.6 is 0 Å². The number of rotatable bonds is 8. The highest BCUT2D eigenvalue weighted by Crippen LogP contribution is 2.35. The first kappa shape index (κ1) is 26.8.